The number of carbonyl (C=O) groups is 1. The minimum atomic E-state index is 0.0368. The fraction of sp³-hybridized carbons (Fsp3) is 0.250. The maximum atomic E-state index is 12.9. The molecule has 1 fully saturated rings. The van der Waals surface area contributed by atoms with E-state index >= 15 is 0 Å². The maximum absolute atomic E-state index is 12.9. The van der Waals surface area contributed by atoms with Crippen molar-refractivity contribution in [1.82, 2.24) is 14.9 Å². The van der Waals surface area contributed by atoms with Gasteiger partial charge in [0.2, 0.25) is 0 Å². The zero-order chi connectivity index (χ0) is 19.1. The number of aromatic nitrogens is 2. The Morgan fingerprint density at radius 2 is 1.75 bits per heavy atom. The van der Waals surface area contributed by atoms with Gasteiger partial charge in [0.25, 0.3) is 5.91 Å². The van der Waals surface area contributed by atoms with Gasteiger partial charge in [-0.25, -0.2) is 9.97 Å². The van der Waals surface area contributed by atoms with Crippen LogP contribution in [0.3, 0.4) is 0 Å². The number of thioether (sulfide) groups is 1. The molecule has 0 atom stereocenters. The molecule has 4 aromatic rings. The van der Waals surface area contributed by atoms with E-state index in [2.05, 4.69) is 34.3 Å². The minimum absolute atomic E-state index is 0.0368. The third-order valence-electron chi connectivity index (χ3n) is 4.90. The second-order valence-electron chi connectivity index (χ2n) is 6.60. The van der Waals surface area contributed by atoms with Crippen LogP contribution in [-0.4, -0.2) is 53.2 Å². The predicted octanol–water partition coefficient (Wildman–Crippen LogP) is 4.59. The van der Waals surface area contributed by atoms with Crippen molar-refractivity contribution in [2.75, 3.05) is 37.3 Å². The van der Waals surface area contributed by atoms with E-state index in [9.17, 15) is 4.79 Å². The first-order valence-corrected chi connectivity index (χ1v) is 11.9. The molecule has 28 heavy (non-hydrogen) atoms. The first-order valence-electron chi connectivity index (χ1n) is 9.05. The van der Waals surface area contributed by atoms with Crippen LogP contribution in [0.1, 0.15) is 9.80 Å². The summed E-state index contributed by atoms with van der Waals surface area (Å²) in [5, 5.41) is 1.62. The van der Waals surface area contributed by atoms with E-state index in [1.54, 1.807) is 23.1 Å². The molecule has 1 amide bonds. The molecule has 0 saturated carbocycles. The van der Waals surface area contributed by atoms with Crippen LogP contribution < -0.4 is 4.90 Å². The van der Waals surface area contributed by atoms with Gasteiger partial charge in [-0.3, -0.25) is 4.79 Å². The van der Waals surface area contributed by atoms with Gasteiger partial charge in [0.15, 0.2) is 10.1 Å². The van der Waals surface area contributed by atoms with E-state index in [0.29, 0.717) is 18.1 Å². The molecule has 0 N–H and O–H groups in total. The normalized spacial score (nSPS) is 14.9. The van der Waals surface area contributed by atoms with Crippen LogP contribution in [0.25, 0.3) is 20.4 Å². The number of para-hydroxylation sites is 1. The number of benzene rings is 2. The van der Waals surface area contributed by atoms with Crippen LogP contribution in [0.2, 0.25) is 0 Å². The van der Waals surface area contributed by atoms with Crippen molar-refractivity contribution in [3.8, 4) is 0 Å². The number of carbonyl (C=O) groups excluding carboxylic acids is 1. The monoisotopic (exact) mass is 426 g/mol. The van der Waals surface area contributed by atoms with Crippen LogP contribution in [0.5, 0.6) is 0 Å². The van der Waals surface area contributed by atoms with Gasteiger partial charge in [-0.1, -0.05) is 23.5 Å². The van der Waals surface area contributed by atoms with Crippen molar-refractivity contribution in [3.05, 3.63) is 47.5 Å². The number of piperazine rings is 1. The number of thiazole rings is 2. The van der Waals surface area contributed by atoms with E-state index in [4.69, 9.17) is 4.98 Å². The Kier molecular flexibility index (Phi) is 4.70. The van der Waals surface area contributed by atoms with Gasteiger partial charge >= 0.3 is 0 Å². The number of rotatable bonds is 3. The lowest BCUT2D eigenvalue weighted by Gasteiger charge is -2.34. The molecule has 0 spiro atoms. The Labute approximate surface area is 175 Å². The molecule has 0 bridgehead atoms. The van der Waals surface area contributed by atoms with Crippen molar-refractivity contribution < 1.29 is 4.79 Å². The molecule has 142 valence electrons. The van der Waals surface area contributed by atoms with Crippen molar-refractivity contribution >= 4 is 65.9 Å². The Hall–Kier alpha value is -2.16. The highest BCUT2D eigenvalue weighted by Gasteiger charge is 2.25. The summed E-state index contributed by atoms with van der Waals surface area (Å²) in [4.78, 5) is 27.6. The molecule has 2 aromatic heterocycles. The molecule has 1 aliphatic heterocycles. The van der Waals surface area contributed by atoms with Gasteiger partial charge in [0.05, 0.1) is 20.4 Å². The largest absolute Gasteiger partial charge is 0.345 e. The average molecular weight is 427 g/mol. The number of amides is 1. The van der Waals surface area contributed by atoms with E-state index in [0.717, 1.165) is 34.0 Å². The zero-order valence-electron chi connectivity index (χ0n) is 15.3. The SMILES string of the molecule is CSc1ccc2nc(N3CCN(C(=O)c4nc5ccccc5s4)CC3)sc2c1. The Morgan fingerprint density at radius 3 is 2.54 bits per heavy atom. The lowest BCUT2D eigenvalue weighted by atomic mass is 10.3. The Bertz CT molecular complexity index is 1130. The maximum Gasteiger partial charge on any atom is 0.282 e. The first kappa shape index (κ1) is 17.9. The van der Waals surface area contributed by atoms with Crippen LogP contribution in [-0.2, 0) is 0 Å². The standard InChI is InChI=1S/C20H18N4OS3/c1-26-13-6-7-15-17(12-13)28-20(22-15)24-10-8-23(9-11-24)19(25)18-21-14-4-2-3-5-16(14)27-18/h2-7,12H,8-11H2,1H3. The quantitative estimate of drug-likeness (QED) is 0.449. The zero-order valence-corrected chi connectivity index (χ0v) is 17.7. The van der Waals surface area contributed by atoms with Gasteiger partial charge in [0.1, 0.15) is 0 Å². The molecule has 0 aliphatic carbocycles. The minimum Gasteiger partial charge on any atom is -0.345 e. The molecule has 3 heterocycles. The highest BCUT2D eigenvalue weighted by Crippen LogP contribution is 2.32. The Balaban J connectivity index is 1.30. The summed E-state index contributed by atoms with van der Waals surface area (Å²) in [6.45, 7) is 2.99. The van der Waals surface area contributed by atoms with Crippen molar-refractivity contribution in [2.45, 2.75) is 4.90 Å². The lowest BCUT2D eigenvalue weighted by Crippen LogP contribution is -2.48. The third-order valence-corrected chi connectivity index (χ3v) is 7.73. The smallest absolute Gasteiger partial charge is 0.282 e. The second kappa shape index (κ2) is 7.35. The molecular formula is C20H18N4OS3. The molecule has 5 nitrogen and oxygen atoms in total. The molecule has 1 saturated heterocycles. The predicted molar refractivity (Wildman–Crippen MR) is 119 cm³/mol. The highest BCUT2D eigenvalue weighted by atomic mass is 32.2. The Morgan fingerprint density at radius 1 is 0.964 bits per heavy atom. The number of fused-ring (bicyclic) bond motifs is 2. The number of hydrogen-bond donors (Lipinski definition) is 0. The summed E-state index contributed by atoms with van der Waals surface area (Å²) < 4.78 is 2.28. The summed E-state index contributed by atoms with van der Waals surface area (Å²) >= 11 is 4.95. The fourth-order valence-electron chi connectivity index (χ4n) is 3.35. The molecule has 2 aromatic carbocycles. The van der Waals surface area contributed by atoms with E-state index < -0.39 is 0 Å². The summed E-state index contributed by atoms with van der Waals surface area (Å²) in [5.41, 5.74) is 1.94. The van der Waals surface area contributed by atoms with Crippen LogP contribution in [0, 0.1) is 0 Å². The van der Waals surface area contributed by atoms with Gasteiger partial charge in [0, 0.05) is 31.1 Å². The van der Waals surface area contributed by atoms with E-state index in [-0.39, 0.29) is 5.91 Å². The second-order valence-corrected chi connectivity index (χ2v) is 9.52. The topological polar surface area (TPSA) is 49.3 Å². The fourth-order valence-corrected chi connectivity index (χ4v) is 5.86. The van der Waals surface area contributed by atoms with Crippen LogP contribution >= 0.6 is 34.4 Å². The average Bonchev–Trinajstić information content (AvgIpc) is 3.36. The first-order chi connectivity index (χ1) is 13.7. The van der Waals surface area contributed by atoms with Gasteiger partial charge in [-0.05, 0) is 36.6 Å². The van der Waals surface area contributed by atoms with E-state index in [1.165, 1.54) is 20.9 Å². The number of nitrogens with zero attached hydrogens (tertiary/aromatic N) is 4. The van der Waals surface area contributed by atoms with Crippen molar-refractivity contribution in [1.29, 1.82) is 0 Å². The lowest BCUT2D eigenvalue weighted by molar-refractivity contribution is 0.0746. The van der Waals surface area contributed by atoms with Crippen molar-refractivity contribution in [2.24, 2.45) is 0 Å². The van der Waals surface area contributed by atoms with E-state index in [1.807, 2.05) is 29.2 Å². The van der Waals surface area contributed by atoms with Crippen LogP contribution in [0.4, 0.5) is 5.13 Å². The summed E-state index contributed by atoms with van der Waals surface area (Å²) in [6.07, 6.45) is 2.09. The summed E-state index contributed by atoms with van der Waals surface area (Å²) in [5.74, 6) is 0.0368. The third kappa shape index (κ3) is 3.25. The number of hydrogen-bond acceptors (Lipinski definition) is 7. The van der Waals surface area contributed by atoms with Gasteiger partial charge in [-0.15, -0.1) is 23.1 Å². The van der Waals surface area contributed by atoms with Crippen LogP contribution in [0.15, 0.2) is 47.4 Å². The van der Waals surface area contributed by atoms with Gasteiger partial charge in [-0.2, -0.15) is 0 Å². The molecule has 5 rings (SSSR count). The van der Waals surface area contributed by atoms with Gasteiger partial charge < -0.3 is 9.80 Å². The molecule has 0 unspecified atom stereocenters. The number of anilines is 1. The van der Waals surface area contributed by atoms with Crippen molar-refractivity contribution in [3.63, 3.8) is 0 Å². The molecule has 1 aliphatic rings. The molecular weight excluding hydrogens is 408 g/mol. The molecule has 0 radical (unpaired) electrons. The highest BCUT2D eigenvalue weighted by molar-refractivity contribution is 7.98. The summed E-state index contributed by atoms with van der Waals surface area (Å²) in [6, 6.07) is 14.3. The molecule has 8 heteroatoms. The summed E-state index contributed by atoms with van der Waals surface area (Å²) in [7, 11) is 0.